The maximum absolute atomic E-state index is 4.31. The van der Waals surface area contributed by atoms with Gasteiger partial charge in [-0.25, -0.2) is 4.98 Å². The van der Waals surface area contributed by atoms with Gasteiger partial charge in [-0.3, -0.25) is 5.10 Å². The lowest BCUT2D eigenvalue weighted by Gasteiger charge is -1.87. The normalized spacial score (nSPS) is 11.9. The largest absolute Gasteiger partial charge is 0.278 e. The monoisotopic (exact) mass is 308 g/mol. The zero-order valence-corrected chi connectivity index (χ0v) is 12.8. The minimum atomic E-state index is 0.538. The first kappa shape index (κ1) is 13.2. The molecule has 10 heteroatoms. The highest BCUT2D eigenvalue weighted by Crippen LogP contribution is 2.27. The first-order valence-electron chi connectivity index (χ1n) is 5.97. The van der Waals surface area contributed by atoms with Crippen LogP contribution >= 0.6 is 23.3 Å². The molecule has 104 valence electrons. The van der Waals surface area contributed by atoms with Gasteiger partial charge in [0, 0.05) is 11.5 Å². The Morgan fingerprint density at radius 2 is 2.15 bits per heavy atom. The Hall–Kier alpha value is -1.81. The minimum absolute atomic E-state index is 0.538. The molecule has 0 radical (unpaired) electrons. The number of hydrogen-bond acceptors (Lipinski definition) is 8. The van der Waals surface area contributed by atoms with E-state index in [0.29, 0.717) is 22.3 Å². The van der Waals surface area contributed by atoms with Crippen LogP contribution in [0.5, 0.6) is 0 Å². The molecule has 0 saturated carbocycles. The topological polar surface area (TPSA) is 96.5 Å². The van der Waals surface area contributed by atoms with Crippen molar-refractivity contribution in [2.24, 2.45) is 10.2 Å². The van der Waals surface area contributed by atoms with Gasteiger partial charge in [-0.05, 0) is 19.6 Å². The average Bonchev–Trinajstić information content (AvgIpc) is 3.04. The Morgan fingerprint density at radius 1 is 1.30 bits per heavy atom. The average molecular weight is 308 g/mol. The van der Waals surface area contributed by atoms with E-state index in [4.69, 9.17) is 0 Å². The Kier molecular flexibility index (Phi) is 3.49. The summed E-state index contributed by atoms with van der Waals surface area (Å²) < 4.78 is 5.79. The van der Waals surface area contributed by atoms with Crippen molar-refractivity contribution in [3.63, 3.8) is 0 Å². The molecule has 8 nitrogen and oxygen atoms in total. The molecule has 0 amide bonds. The number of aryl methyl sites for hydroxylation is 2. The van der Waals surface area contributed by atoms with Crippen molar-refractivity contribution < 1.29 is 0 Å². The van der Waals surface area contributed by atoms with Crippen LogP contribution in [0, 0.1) is 13.8 Å². The zero-order valence-electron chi connectivity index (χ0n) is 11.2. The summed E-state index contributed by atoms with van der Waals surface area (Å²) in [5, 5.41) is 16.9. The van der Waals surface area contributed by atoms with E-state index < -0.39 is 0 Å². The molecule has 3 aromatic rings. The summed E-state index contributed by atoms with van der Waals surface area (Å²) in [5.74, 6) is 1.62. The quantitative estimate of drug-likeness (QED) is 0.590. The van der Waals surface area contributed by atoms with Crippen LogP contribution in [0.25, 0.3) is 5.65 Å². The number of aromatic nitrogens is 6. The van der Waals surface area contributed by atoms with Gasteiger partial charge in [-0.15, -0.1) is 15.3 Å². The first-order chi connectivity index (χ1) is 9.67. The van der Waals surface area contributed by atoms with Gasteiger partial charge in [0.2, 0.25) is 15.9 Å². The van der Waals surface area contributed by atoms with Crippen molar-refractivity contribution in [3.8, 4) is 0 Å². The van der Waals surface area contributed by atoms with Crippen LogP contribution in [0.1, 0.15) is 18.4 Å². The number of rotatable bonds is 4. The van der Waals surface area contributed by atoms with Crippen LogP contribution in [0.4, 0.5) is 10.8 Å². The highest BCUT2D eigenvalue weighted by molar-refractivity contribution is 7.99. The van der Waals surface area contributed by atoms with Crippen molar-refractivity contribution in [3.05, 3.63) is 11.5 Å². The van der Waals surface area contributed by atoms with E-state index in [-0.39, 0.29) is 0 Å². The molecule has 3 aromatic heterocycles. The fourth-order valence-electron chi connectivity index (χ4n) is 1.67. The molecule has 1 N–H and O–H groups in total. The smallest absolute Gasteiger partial charge is 0.250 e. The first-order valence-corrected chi connectivity index (χ1v) is 7.73. The number of hydrogen-bond donors (Lipinski definition) is 1. The molecule has 0 aliphatic carbocycles. The fourth-order valence-corrected chi connectivity index (χ4v) is 2.86. The summed E-state index contributed by atoms with van der Waals surface area (Å²) >= 11 is 2.81. The summed E-state index contributed by atoms with van der Waals surface area (Å²) in [7, 11) is 0. The Labute approximate surface area is 122 Å². The number of H-pyrrole nitrogens is 1. The third-order valence-electron chi connectivity index (χ3n) is 2.46. The van der Waals surface area contributed by atoms with Gasteiger partial charge in [-0.2, -0.15) is 14.0 Å². The molecule has 3 rings (SSSR count). The van der Waals surface area contributed by atoms with Gasteiger partial charge in [0.05, 0.1) is 5.69 Å². The number of thioether (sulfide) groups is 1. The minimum Gasteiger partial charge on any atom is -0.278 e. The predicted molar refractivity (Wildman–Crippen MR) is 77.3 cm³/mol. The second kappa shape index (κ2) is 5.29. The molecule has 0 atom stereocenters. The van der Waals surface area contributed by atoms with Crippen molar-refractivity contribution >= 4 is 39.8 Å². The van der Waals surface area contributed by atoms with Gasteiger partial charge < -0.3 is 0 Å². The van der Waals surface area contributed by atoms with Crippen molar-refractivity contribution in [2.45, 2.75) is 25.9 Å². The Morgan fingerprint density at radius 3 is 2.95 bits per heavy atom. The fraction of sp³-hybridized carbons (Fsp3) is 0.400. The van der Waals surface area contributed by atoms with E-state index >= 15 is 0 Å². The van der Waals surface area contributed by atoms with Crippen LogP contribution in [0.2, 0.25) is 0 Å². The van der Waals surface area contributed by atoms with Gasteiger partial charge in [-0.1, -0.05) is 18.7 Å². The molecule has 0 aliphatic heterocycles. The van der Waals surface area contributed by atoms with Crippen molar-refractivity contribution in [2.75, 3.05) is 5.75 Å². The van der Waals surface area contributed by atoms with E-state index in [2.05, 4.69) is 41.7 Å². The maximum Gasteiger partial charge on any atom is 0.250 e. The Bertz CT molecular complexity index is 768. The van der Waals surface area contributed by atoms with Gasteiger partial charge >= 0.3 is 0 Å². The summed E-state index contributed by atoms with van der Waals surface area (Å²) in [6, 6.07) is 0. The highest BCUT2D eigenvalue weighted by atomic mass is 32.2. The van der Waals surface area contributed by atoms with E-state index in [9.17, 15) is 0 Å². The molecule has 0 spiro atoms. The number of nitrogens with one attached hydrogen (secondary N) is 1. The SMILES string of the molecule is CCSc1nsc(N=Nc2c(C)[nH]n3nc(C)nc23)n1. The summed E-state index contributed by atoms with van der Waals surface area (Å²) in [4.78, 5) is 8.58. The van der Waals surface area contributed by atoms with E-state index in [1.165, 1.54) is 11.5 Å². The van der Waals surface area contributed by atoms with Gasteiger partial charge in [0.1, 0.15) is 5.82 Å². The highest BCUT2D eigenvalue weighted by Gasteiger charge is 2.12. The molecule has 0 aromatic carbocycles. The second-order valence-electron chi connectivity index (χ2n) is 3.97. The van der Waals surface area contributed by atoms with Crippen LogP contribution in [-0.2, 0) is 0 Å². The second-order valence-corrected chi connectivity index (χ2v) is 5.93. The van der Waals surface area contributed by atoms with E-state index in [0.717, 1.165) is 16.6 Å². The van der Waals surface area contributed by atoms with Crippen LogP contribution in [0.15, 0.2) is 15.4 Å². The van der Waals surface area contributed by atoms with E-state index in [1.807, 2.05) is 13.8 Å². The summed E-state index contributed by atoms with van der Waals surface area (Å²) in [6.45, 7) is 5.79. The van der Waals surface area contributed by atoms with Crippen molar-refractivity contribution in [1.29, 1.82) is 0 Å². The predicted octanol–water partition coefficient (Wildman–Crippen LogP) is 3.05. The number of fused-ring (bicyclic) bond motifs is 1. The number of azo groups is 1. The summed E-state index contributed by atoms with van der Waals surface area (Å²) in [5.41, 5.74) is 2.19. The molecule has 0 unspecified atom stereocenters. The molecule has 3 heterocycles. The number of nitrogens with zero attached hydrogens (tertiary/aromatic N) is 7. The van der Waals surface area contributed by atoms with Gasteiger partial charge in [0.25, 0.3) is 0 Å². The molecular formula is C10H12N8S2. The molecular weight excluding hydrogens is 296 g/mol. The molecule has 0 saturated heterocycles. The summed E-state index contributed by atoms with van der Waals surface area (Å²) in [6.07, 6.45) is 0. The standard InChI is InChI=1S/C10H12N8S2/c1-4-19-10-12-9(20-17-10)14-13-7-5(2)15-18-8(7)11-6(3)16-18/h15H,4H2,1-3H3. The molecule has 0 fully saturated rings. The third kappa shape index (κ3) is 2.43. The van der Waals surface area contributed by atoms with Crippen LogP contribution < -0.4 is 0 Å². The Balaban J connectivity index is 1.90. The van der Waals surface area contributed by atoms with Crippen LogP contribution in [-0.4, -0.2) is 34.9 Å². The molecule has 20 heavy (non-hydrogen) atoms. The van der Waals surface area contributed by atoms with E-state index in [1.54, 1.807) is 16.4 Å². The maximum atomic E-state index is 4.31. The molecule has 0 bridgehead atoms. The molecule has 0 aliphatic rings. The lowest BCUT2D eigenvalue weighted by molar-refractivity contribution is 0.793. The van der Waals surface area contributed by atoms with Crippen LogP contribution in [0.3, 0.4) is 0 Å². The zero-order chi connectivity index (χ0) is 14.1. The lowest BCUT2D eigenvalue weighted by Crippen LogP contribution is -1.86. The lowest BCUT2D eigenvalue weighted by atomic mass is 10.4. The third-order valence-corrected chi connectivity index (χ3v) is 3.90. The van der Waals surface area contributed by atoms with Crippen molar-refractivity contribution in [1.82, 2.24) is 29.2 Å². The van der Waals surface area contributed by atoms with Gasteiger partial charge in [0.15, 0.2) is 5.69 Å². The number of aromatic amines is 1.